The molecule has 0 saturated heterocycles. The van der Waals surface area contributed by atoms with Crippen molar-refractivity contribution in [2.75, 3.05) is 11.1 Å². The molecule has 0 fully saturated rings. The van der Waals surface area contributed by atoms with E-state index in [0.717, 1.165) is 0 Å². The van der Waals surface area contributed by atoms with Crippen molar-refractivity contribution in [2.45, 2.75) is 0 Å². The fraction of sp³-hybridized carbons (Fsp3) is 0. The molecule has 0 saturated carbocycles. The van der Waals surface area contributed by atoms with E-state index >= 15 is 0 Å². The summed E-state index contributed by atoms with van der Waals surface area (Å²) in [7, 11) is 0. The lowest BCUT2D eigenvalue weighted by Gasteiger charge is -2.12. The summed E-state index contributed by atoms with van der Waals surface area (Å²) in [5.41, 5.74) is 6.95. The fourth-order valence-corrected chi connectivity index (χ4v) is 2.10. The minimum atomic E-state index is -0.448. The van der Waals surface area contributed by atoms with Crippen LogP contribution in [0.1, 0.15) is 0 Å². The maximum absolute atomic E-state index is 13.2. The lowest BCUT2D eigenvalue weighted by Crippen LogP contribution is -1.98. The third kappa shape index (κ3) is 2.81. The largest absolute Gasteiger partial charge is 0.397 e. The number of hydrogen-bond acceptors (Lipinski definition) is 2. The molecule has 3 N–H and O–H groups in total. The molecule has 18 heavy (non-hydrogen) atoms. The van der Waals surface area contributed by atoms with E-state index in [4.69, 9.17) is 5.73 Å². The van der Waals surface area contributed by atoms with E-state index < -0.39 is 5.82 Å². The van der Waals surface area contributed by atoms with Crippen molar-refractivity contribution in [1.82, 2.24) is 0 Å². The van der Waals surface area contributed by atoms with E-state index in [1.165, 1.54) is 24.3 Å². The topological polar surface area (TPSA) is 38.0 Å². The molecule has 0 heterocycles. The van der Waals surface area contributed by atoms with Crippen LogP contribution in [0, 0.1) is 11.6 Å². The molecule has 0 aliphatic carbocycles. The maximum Gasteiger partial charge on any atom is 0.139 e. The first-order valence-corrected chi connectivity index (χ1v) is 6.52. The van der Waals surface area contributed by atoms with Gasteiger partial charge in [-0.3, -0.25) is 0 Å². The van der Waals surface area contributed by atoms with Crippen molar-refractivity contribution in [3.05, 3.63) is 50.9 Å². The second kappa shape index (κ2) is 5.24. The van der Waals surface area contributed by atoms with Gasteiger partial charge in [-0.15, -0.1) is 0 Å². The van der Waals surface area contributed by atoms with E-state index in [-0.39, 0.29) is 16.0 Å². The quantitative estimate of drug-likeness (QED) is 0.736. The molecule has 2 rings (SSSR count). The van der Waals surface area contributed by atoms with Crippen LogP contribution in [-0.2, 0) is 0 Å². The molecule has 0 amide bonds. The molecule has 2 aromatic carbocycles. The summed E-state index contributed by atoms with van der Waals surface area (Å²) >= 11 is 6.36. The number of anilines is 3. The highest BCUT2D eigenvalue weighted by molar-refractivity contribution is 9.10. The number of nitrogens with one attached hydrogen (secondary N) is 1. The lowest BCUT2D eigenvalue weighted by atomic mass is 10.2. The third-order valence-electron chi connectivity index (χ3n) is 2.29. The van der Waals surface area contributed by atoms with Crippen LogP contribution in [0.3, 0.4) is 0 Å². The van der Waals surface area contributed by atoms with Gasteiger partial charge in [-0.25, -0.2) is 8.78 Å². The number of benzene rings is 2. The SMILES string of the molecule is Nc1cc(F)c(Br)cc1Nc1cc(F)ccc1Br. The number of hydrogen-bond donors (Lipinski definition) is 2. The maximum atomic E-state index is 13.2. The first-order chi connectivity index (χ1) is 8.47. The van der Waals surface area contributed by atoms with Crippen molar-refractivity contribution in [3.63, 3.8) is 0 Å². The first kappa shape index (κ1) is 13.3. The molecule has 6 heteroatoms. The molecule has 94 valence electrons. The zero-order valence-electron chi connectivity index (χ0n) is 8.98. The van der Waals surface area contributed by atoms with Gasteiger partial charge in [-0.2, -0.15) is 0 Å². The molecule has 0 bridgehead atoms. The summed E-state index contributed by atoms with van der Waals surface area (Å²) in [4.78, 5) is 0. The lowest BCUT2D eigenvalue weighted by molar-refractivity contribution is 0.622. The zero-order chi connectivity index (χ0) is 13.3. The van der Waals surface area contributed by atoms with Crippen molar-refractivity contribution in [3.8, 4) is 0 Å². The average molecular weight is 378 g/mol. The molecule has 0 radical (unpaired) electrons. The van der Waals surface area contributed by atoms with Gasteiger partial charge in [0.2, 0.25) is 0 Å². The molecular weight excluding hydrogens is 370 g/mol. The van der Waals surface area contributed by atoms with Crippen molar-refractivity contribution in [1.29, 1.82) is 0 Å². The van der Waals surface area contributed by atoms with Gasteiger partial charge >= 0.3 is 0 Å². The summed E-state index contributed by atoms with van der Waals surface area (Å²) in [6.45, 7) is 0. The Hall–Kier alpha value is -1.14. The molecule has 0 unspecified atom stereocenters. The Labute approximate surface area is 119 Å². The van der Waals surface area contributed by atoms with Crippen LogP contribution in [0.15, 0.2) is 39.3 Å². The van der Waals surface area contributed by atoms with E-state index in [2.05, 4.69) is 37.2 Å². The predicted molar refractivity (Wildman–Crippen MR) is 75.9 cm³/mol. The molecule has 0 aromatic heterocycles. The Morgan fingerprint density at radius 1 is 0.944 bits per heavy atom. The predicted octanol–water partition coefficient (Wildman–Crippen LogP) is 4.82. The fourth-order valence-electron chi connectivity index (χ4n) is 1.41. The second-order valence-corrected chi connectivity index (χ2v) is 5.31. The molecule has 2 aromatic rings. The highest BCUT2D eigenvalue weighted by Gasteiger charge is 2.08. The number of nitrogen functional groups attached to an aromatic ring is 1. The van der Waals surface area contributed by atoms with Crippen molar-refractivity contribution >= 4 is 48.9 Å². The van der Waals surface area contributed by atoms with Crippen LogP contribution in [-0.4, -0.2) is 0 Å². The van der Waals surface area contributed by atoms with Crippen LogP contribution < -0.4 is 11.1 Å². The highest BCUT2D eigenvalue weighted by Crippen LogP contribution is 2.32. The van der Waals surface area contributed by atoms with E-state index in [9.17, 15) is 8.78 Å². The Kier molecular flexibility index (Phi) is 3.87. The number of rotatable bonds is 2. The van der Waals surface area contributed by atoms with Gasteiger partial charge in [-0.1, -0.05) is 0 Å². The summed E-state index contributed by atoms with van der Waals surface area (Å²) in [5.74, 6) is -0.822. The minimum absolute atomic E-state index is 0.242. The van der Waals surface area contributed by atoms with Gasteiger partial charge < -0.3 is 11.1 Å². The minimum Gasteiger partial charge on any atom is -0.397 e. The van der Waals surface area contributed by atoms with E-state index in [0.29, 0.717) is 15.8 Å². The van der Waals surface area contributed by atoms with Crippen LogP contribution >= 0.6 is 31.9 Å². The molecule has 0 atom stereocenters. The Bertz CT molecular complexity index is 603. The monoisotopic (exact) mass is 376 g/mol. The molecule has 0 aliphatic rings. The molecular formula is C12H8Br2F2N2. The first-order valence-electron chi connectivity index (χ1n) is 4.94. The van der Waals surface area contributed by atoms with Gasteiger partial charge in [0.1, 0.15) is 11.6 Å². The number of halogens is 4. The summed E-state index contributed by atoms with van der Waals surface area (Å²) in [5, 5.41) is 2.94. The smallest absolute Gasteiger partial charge is 0.139 e. The summed E-state index contributed by atoms with van der Waals surface area (Å²) in [6.07, 6.45) is 0. The number of nitrogens with two attached hydrogens (primary N) is 1. The zero-order valence-corrected chi connectivity index (χ0v) is 12.1. The van der Waals surface area contributed by atoms with E-state index in [1.807, 2.05) is 0 Å². The summed E-state index contributed by atoms with van der Waals surface area (Å²) < 4.78 is 27.3. The Morgan fingerprint density at radius 3 is 2.39 bits per heavy atom. The third-order valence-corrected chi connectivity index (χ3v) is 3.59. The van der Waals surface area contributed by atoms with Crippen LogP contribution in [0.5, 0.6) is 0 Å². The van der Waals surface area contributed by atoms with Crippen LogP contribution in [0.25, 0.3) is 0 Å². The Balaban J connectivity index is 2.40. The molecule has 0 aliphatic heterocycles. The van der Waals surface area contributed by atoms with Crippen LogP contribution in [0.4, 0.5) is 25.8 Å². The van der Waals surface area contributed by atoms with Gasteiger partial charge in [0.25, 0.3) is 0 Å². The standard InChI is InChI=1S/C12H8Br2F2N2/c13-7-2-1-6(15)3-11(7)18-12-4-8(14)9(16)5-10(12)17/h1-5,18H,17H2. The van der Waals surface area contributed by atoms with Crippen molar-refractivity contribution < 1.29 is 8.78 Å². The normalized spacial score (nSPS) is 10.4. The van der Waals surface area contributed by atoms with Gasteiger partial charge in [0, 0.05) is 10.5 Å². The highest BCUT2D eigenvalue weighted by atomic mass is 79.9. The Morgan fingerprint density at radius 2 is 1.67 bits per heavy atom. The molecule has 2 nitrogen and oxygen atoms in total. The van der Waals surface area contributed by atoms with Gasteiger partial charge in [0.05, 0.1) is 21.5 Å². The van der Waals surface area contributed by atoms with Gasteiger partial charge in [0.15, 0.2) is 0 Å². The van der Waals surface area contributed by atoms with E-state index in [1.54, 1.807) is 6.07 Å². The van der Waals surface area contributed by atoms with Gasteiger partial charge in [-0.05, 0) is 56.1 Å². The molecule has 0 spiro atoms. The average Bonchev–Trinajstić information content (AvgIpc) is 2.30. The summed E-state index contributed by atoms with van der Waals surface area (Å²) in [6, 6.07) is 6.92. The van der Waals surface area contributed by atoms with Crippen LogP contribution in [0.2, 0.25) is 0 Å². The second-order valence-electron chi connectivity index (χ2n) is 3.60. The van der Waals surface area contributed by atoms with Crippen molar-refractivity contribution in [2.24, 2.45) is 0 Å².